The summed E-state index contributed by atoms with van der Waals surface area (Å²) < 4.78 is 81.6. The van der Waals surface area contributed by atoms with Gasteiger partial charge in [0.1, 0.15) is 5.82 Å². The van der Waals surface area contributed by atoms with Gasteiger partial charge in [-0.3, -0.25) is 0 Å². The number of benzene rings is 1. The molecule has 1 fully saturated rings. The number of hydrogen-bond donors (Lipinski definition) is 1. The molecule has 39 heavy (non-hydrogen) atoms. The largest absolute Gasteiger partial charge is 0.416 e. The van der Waals surface area contributed by atoms with Crippen LogP contribution >= 0.6 is 15.9 Å². The highest BCUT2D eigenvalue weighted by atomic mass is 79.9. The van der Waals surface area contributed by atoms with Gasteiger partial charge in [-0.05, 0) is 71.9 Å². The van der Waals surface area contributed by atoms with Crippen LogP contribution in [0.1, 0.15) is 65.4 Å². The van der Waals surface area contributed by atoms with Crippen LogP contribution in [0.15, 0.2) is 41.3 Å². The van der Waals surface area contributed by atoms with Crippen LogP contribution in [0.2, 0.25) is 0 Å². The van der Waals surface area contributed by atoms with E-state index in [4.69, 9.17) is 10.7 Å². The van der Waals surface area contributed by atoms with Crippen molar-refractivity contribution in [2.45, 2.75) is 64.0 Å². The van der Waals surface area contributed by atoms with Crippen molar-refractivity contribution in [2.75, 3.05) is 11.4 Å². The van der Waals surface area contributed by atoms with Crippen molar-refractivity contribution in [2.24, 2.45) is 11.7 Å². The number of alkyl halides is 6. The van der Waals surface area contributed by atoms with Crippen molar-refractivity contribution in [3.8, 4) is 0 Å². The Labute approximate surface area is 230 Å². The van der Waals surface area contributed by atoms with Crippen LogP contribution in [0.3, 0.4) is 0 Å². The molecule has 4 rings (SSSR count). The predicted molar refractivity (Wildman–Crippen MR) is 137 cm³/mol. The fourth-order valence-corrected chi connectivity index (χ4v) is 4.72. The Morgan fingerprint density at radius 1 is 0.949 bits per heavy atom. The molecular weight excluding hydrogens is 590 g/mol. The first-order valence-corrected chi connectivity index (χ1v) is 13.2. The number of nitrogens with zero attached hydrogens (tertiary/aromatic N) is 5. The first kappa shape index (κ1) is 29.2. The summed E-state index contributed by atoms with van der Waals surface area (Å²) in [6, 6.07) is 1.56. The fraction of sp³-hybridized carbons (Fsp3) is 0.462. The highest BCUT2D eigenvalue weighted by Crippen LogP contribution is 2.41. The molecule has 0 amide bonds. The van der Waals surface area contributed by atoms with Crippen molar-refractivity contribution < 1.29 is 26.3 Å². The summed E-state index contributed by atoms with van der Waals surface area (Å²) in [6.07, 6.45) is -1.48. The molecule has 210 valence electrons. The average Bonchev–Trinajstić information content (AvgIpc) is 3.68. The lowest BCUT2D eigenvalue weighted by Crippen LogP contribution is -2.26. The van der Waals surface area contributed by atoms with E-state index in [-0.39, 0.29) is 36.6 Å². The molecule has 1 unspecified atom stereocenters. The maximum Gasteiger partial charge on any atom is 0.416 e. The van der Waals surface area contributed by atoms with Gasteiger partial charge in [-0.25, -0.2) is 19.9 Å². The van der Waals surface area contributed by atoms with Gasteiger partial charge < -0.3 is 10.6 Å². The topological polar surface area (TPSA) is 80.8 Å². The normalized spacial score (nSPS) is 14.9. The van der Waals surface area contributed by atoms with Gasteiger partial charge in [-0.2, -0.15) is 26.3 Å². The molecule has 0 radical (unpaired) electrons. The lowest BCUT2D eigenvalue weighted by atomic mass is 9.91. The molecule has 1 atom stereocenters. The highest BCUT2D eigenvalue weighted by molar-refractivity contribution is 9.10. The summed E-state index contributed by atoms with van der Waals surface area (Å²) in [5.74, 6) is 1.33. The Morgan fingerprint density at radius 3 is 2.10 bits per heavy atom. The van der Waals surface area contributed by atoms with E-state index in [1.165, 1.54) is 17.3 Å². The number of aromatic nitrogens is 4. The molecule has 2 heterocycles. The molecule has 1 aliphatic rings. The van der Waals surface area contributed by atoms with Crippen molar-refractivity contribution in [3.05, 3.63) is 75.0 Å². The number of rotatable bonds is 10. The first-order chi connectivity index (χ1) is 18.3. The fourth-order valence-electron chi connectivity index (χ4n) is 4.51. The molecule has 0 bridgehead atoms. The van der Waals surface area contributed by atoms with E-state index in [0.717, 1.165) is 37.1 Å². The van der Waals surface area contributed by atoms with Crippen molar-refractivity contribution in [1.82, 2.24) is 19.9 Å². The smallest absolute Gasteiger partial charge is 0.332 e. The van der Waals surface area contributed by atoms with Crippen molar-refractivity contribution in [3.63, 3.8) is 0 Å². The second-order valence-corrected chi connectivity index (χ2v) is 10.7. The van der Waals surface area contributed by atoms with E-state index in [2.05, 4.69) is 30.9 Å². The lowest BCUT2D eigenvalue weighted by molar-refractivity contribution is -0.143. The van der Waals surface area contributed by atoms with Crippen LogP contribution in [0.25, 0.3) is 0 Å². The number of aryl methyl sites for hydroxylation is 1. The molecule has 1 aromatic carbocycles. The van der Waals surface area contributed by atoms with E-state index >= 15 is 0 Å². The van der Waals surface area contributed by atoms with Crippen molar-refractivity contribution in [1.29, 1.82) is 0 Å². The zero-order chi connectivity index (χ0) is 28.4. The summed E-state index contributed by atoms with van der Waals surface area (Å²) in [5.41, 5.74) is 4.42. The second-order valence-electron chi connectivity index (χ2n) is 9.75. The molecule has 1 saturated carbocycles. The Hall–Kier alpha value is -2.80. The van der Waals surface area contributed by atoms with Gasteiger partial charge in [0.2, 0.25) is 5.95 Å². The van der Waals surface area contributed by atoms with Gasteiger partial charge in [-0.1, -0.05) is 12.8 Å². The summed E-state index contributed by atoms with van der Waals surface area (Å²) in [5, 5.41) is 0. The van der Waals surface area contributed by atoms with E-state index in [1.54, 1.807) is 13.1 Å². The molecular formula is C26H27BrF6N6. The maximum atomic E-state index is 13.5. The van der Waals surface area contributed by atoms with E-state index in [0.29, 0.717) is 34.7 Å². The zero-order valence-corrected chi connectivity index (χ0v) is 22.6. The van der Waals surface area contributed by atoms with Gasteiger partial charge in [0.25, 0.3) is 0 Å². The van der Waals surface area contributed by atoms with Gasteiger partial charge in [0, 0.05) is 43.2 Å². The Bertz CT molecular complexity index is 1250. The van der Waals surface area contributed by atoms with Crippen LogP contribution < -0.4 is 10.6 Å². The van der Waals surface area contributed by atoms with E-state index in [9.17, 15) is 26.3 Å². The van der Waals surface area contributed by atoms with Crippen LogP contribution in [0, 0.1) is 12.8 Å². The summed E-state index contributed by atoms with van der Waals surface area (Å²) in [4.78, 5) is 19.1. The second kappa shape index (κ2) is 11.7. The third-order valence-corrected chi connectivity index (χ3v) is 6.92. The van der Waals surface area contributed by atoms with Crippen LogP contribution in [-0.4, -0.2) is 26.5 Å². The number of hydrogen-bond acceptors (Lipinski definition) is 6. The zero-order valence-electron chi connectivity index (χ0n) is 21.0. The summed E-state index contributed by atoms with van der Waals surface area (Å²) in [6.45, 7) is 1.97. The molecule has 0 aliphatic heterocycles. The third kappa shape index (κ3) is 7.87. The van der Waals surface area contributed by atoms with Crippen LogP contribution in [-0.2, 0) is 25.4 Å². The Morgan fingerprint density at radius 2 is 1.56 bits per heavy atom. The lowest BCUT2D eigenvalue weighted by Gasteiger charge is -2.26. The van der Waals surface area contributed by atoms with Crippen LogP contribution in [0.5, 0.6) is 0 Å². The number of anilines is 1. The minimum atomic E-state index is -4.95. The molecule has 2 N–H and O–H groups in total. The molecule has 3 aromatic rings. The number of nitrogens with two attached hydrogens (primary N) is 1. The quantitative estimate of drug-likeness (QED) is 0.252. The first-order valence-electron chi connectivity index (χ1n) is 12.4. The maximum absolute atomic E-state index is 13.5. The molecule has 0 saturated heterocycles. The molecule has 13 heteroatoms. The van der Waals surface area contributed by atoms with Gasteiger partial charge in [-0.15, -0.1) is 0 Å². The van der Waals surface area contributed by atoms with Gasteiger partial charge >= 0.3 is 12.4 Å². The van der Waals surface area contributed by atoms with Crippen LogP contribution in [0.4, 0.5) is 32.3 Å². The molecule has 2 aromatic heterocycles. The third-order valence-electron chi connectivity index (χ3n) is 6.51. The van der Waals surface area contributed by atoms with Crippen molar-refractivity contribution >= 4 is 21.9 Å². The van der Waals surface area contributed by atoms with E-state index < -0.39 is 23.5 Å². The molecule has 1 aliphatic carbocycles. The van der Waals surface area contributed by atoms with E-state index in [1.807, 2.05) is 0 Å². The minimum absolute atomic E-state index is 0.0530. The monoisotopic (exact) mass is 616 g/mol. The SMILES string of the molecule is Cc1ncc(CN(Cc2cc(C(F)(F)F)cc(C(F)(F)F)c2)c2ncc(Br)cn2)c(C(CCN)CC2CC2)n1. The highest BCUT2D eigenvalue weighted by Gasteiger charge is 2.37. The molecule has 0 spiro atoms. The summed E-state index contributed by atoms with van der Waals surface area (Å²) >= 11 is 3.25. The average molecular weight is 617 g/mol. The predicted octanol–water partition coefficient (Wildman–Crippen LogP) is 6.81. The summed E-state index contributed by atoms with van der Waals surface area (Å²) in [7, 11) is 0. The Balaban J connectivity index is 1.75. The Kier molecular flexibility index (Phi) is 8.79. The van der Waals surface area contributed by atoms with Gasteiger partial charge in [0.05, 0.1) is 21.3 Å². The number of halogens is 7. The standard InChI is InChI=1S/C26H27BrF6N6/c1-15-35-10-19(23(38-15)18(4-5-34)6-16-2-3-16)14-39(24-36-11-22(27)12-37-24)13-17-7-20(25(28,29)30)9-21(8-17)26(31,32)33/h7-12,16,18H,2-6,13-14,34H2,1H3. The van der Waals surface area contributed by atoms with Gasteiger partial charge in [0.15, 0.2) is 0 Å². The minimum Gasteiger partial charge on any atom is -0.332 e. The molecule has 6 nitrogen and oxygen atoms in total.